The number of aromatic nitrogens is 1. The Kier molecular flexibility index (Phi) is 5.56. The van der Waals surface area contributed by atoms with Crippen LogP contribution < -0.4 is 5.48 Å². The van der Waals surface area contributed by atoms with Crippen molar-refractivity contribution in [1.29, 1.82) is 0 Å². The number of esters is 1. The molecule has 0 fully saturated rings. The summed E-state index contributed by atoms with van der Waals surface area (Å²) >= 11 is 0. The molecule has 3 aromatic rings. The number of amides is 1. The van der Waals surface area contributed by atoms with Crippen LogP contribution in [0.3, 0.4) is 0 Å². The highest BCUT2D eigenvalue weighted by Crippen LogP contribution is 2.15. The molecule has 6 nitrogen and oxygen atoms in total. The van der Waals surface area contributed by atoms with Gasteiger partial charge in [-0.3, -0.25) is 14.6 Å². The maximum atomic E-state index is 12.1. The number of para-hydroxylation sites is 1. The van der Waals surface area contributed by atoms with Gasteiger partial charge in [-0.15, -0.1) is 0 Å². The second-order valence-corrected chi connectivity index (χ2v) is 5.67. The predicted molar refractivity (Wildman–Crippen MR) is 96.2 cm³/mol. The molecule has 2 aromatic carbocycles. The summed E-state index contributed by atoms with van der Waals surface area (Å²) in [5, 5.41) is 0.960. The zero-order valence-electron chi connectivity index (χ0n) is 14.2. The summed E-state index contributed by atoms with van der Waals surface area (Å²) in [5.41, 5.74) is 4.41. The molecule has 0 aliphatic rings. The van der Waals surface area contributed by atoms with Gasteiger partial charge >= 0.3 is 5.97 Å². The Bertz CT molecular complexity index is 912. The zero-order valence-corrected chi connectivity index (χ0v) is 14.2. The van der Waals surface area contributed by atoms with Crippen molar-refractivity contribution in [2.45, 2.75) is 12.5 Å². The van der Waals surface area contributed by atoms with Crippen molar-refractivity contribution in [3.05, 3.63) is 78.0 Å². The number of hydrogen-bond donors (Lipinski definition) is 1. The highest BCUT2D eigenvalue weighted by Gasteiger charge is 2.23. The third-order valence-electron chi connectivity index (χ3n) is 3.86. The molecule has 1 N–H and O–H groups in total. The average molecular weight is 350 g/mol. The maximum absolute atomic E-state index is 12.1. The van der Waals surface area contributed by atoms with Crippen LogP contribution in [0.1, 0.15) is 15.9 Å². The normalized spacial score (nSPS) is 11.7. The van der Waals surface area contributed by atoms with Gasteiger partial charge in [0.15, 0.2) is 6.10 Å². The summed E-state index contributed by atoms with van der Waals surface area (Å²) < 4.78 is 4.77. The van der Waals surface area contributed by atoms with Crippen molar-refractivity contribution in [2.75, 3.05) is 7.11 Å². The minimum Gasteiger partial charge on any atom is -0.467 e. The van der Waals surface area contributed by atoms with Gasteiger partial charge in [0.2, 0.25) is 0 Å². The summed E-state index contributed by atoms with van der Waals surface area (Å²) in [7, 11) is 1.27. The minimum absolute atomic E-state index is 0.222. The van der Waals surface area contributed by atoms with Gasteiger partial charge in [-0.25, -0.2) is 10.3 Å². The molecule has 3 rings (SSSR count). The second-order valence-electron chi connectivity index (χ2n) is 5.67. The van der Waals surface area contributed by atoms with Crippen LogP contribution in [0, 0.1) is 0 Å². The maximum Gasteiger partial charge on any atom is 0.338 e. The molecule has 1 aromatic heterocycles. The molecular weight excluding hydrogens is 332 g/mol. The summed E-state index contributed by atoms with van der Waals surface area (Å²) in [5.74, 6) is -1.01. The Labute approximate surface area is 150 Å². The first-order valence-electron chi connectivity index (χ1n) is 8.10. The number of rotatable bonds is 6. The van der Waals surface area contributed by atoms with Crippen LogP contribution in [0.4, 0.5) is 0 Å². The van der Waals surface area contributed by atoms with E-state index in [1.807, 2.05) is 36.4 Å². The van der Waals surface area contributed by atoms with Gasteiger partial charge in [0.05, 0.1) is 12.6 Å². The van der Waals surface area contributed by atoms with E-state index < -0.39 is 18.0 Å². The number of fused-ring (bicyclic) bond motifs is 1. The highest BCUT2D eigenvalue weighted by atomic mass is 16.7. The number of nitrogens with one attached hydrogen (secondary N) is 1. The molecule has 6 heteroatoms. The molecular formula is C20H18N2O4. The first-order chi connectivity index (χ1) is 12.7. The largest absolute Gasteiger partial charge is 0.467 e. The molecule has 0 spiro atoms. The summed E-state index contributed by atoms with van der Waals surface area (Å²) in [6.07, 6.45) is 0.927. The quantitative estimate of drug-likeness (QED) is 0.546. The fraction of sp³-hybridized carbons (Fsp3) is 0.150. The molecule has 1 unspecified atom stereocenters. The van der Waals surface area contributed by atoms with Crippen LogP contribution in [0.2, 0.25) is 0 Å². The molecule has 0 radical (unpaired) electrons. The molecule has 132 valence electrons. The highest BCUT2D eigenvalue weighted by molar-refractivity contribution is 5.93. The van der Waals surface area contributed by atoms with Crippen LogP contribution in [0.15, 0.2) is 66.9 Å². The van der Waals surface area contributed by atoms with Gasteiger partial charge in [0.25, 0.3) is 5.91 Å². The number of pyridine rings is 1. The molecule has 26 heavy (non-hydrogen) atoms. The smallest absolute Gasteiger partial charge is 0.338 e. The zero-order chi connectivity index (χ0) is 18.4. The Hall–Kier alpha value is -3.25. The van der Waals surface area contributed by atoms with Crippen molar-refractivity contribution < 1.29 is 19.2 Å². The number of hydrogen-bond acceptors (Lipinski definition) is 5. The Morgan fingerprint density at radius 2 is 1.81 bits per heavy atom. The van der Waals surface area contributed by atoms with E-state index in [0.717, 1.165) is 16.5 Å². The fourth-order valence-corrected chi connectivity index (χ4v) is 2.52. The summed E-state index contributed by atoms with van der Waals surface area (Å²) in [4.78, 5) is 33.8. The van der Waals surface area contributed by atoms with Crippen LogP contribution >= 0.6 is 0 Å². The van der Waals surface area contributed by atoms with Gasteiger partial charge in [0, 0.05) is 23.6 Å². The fourth-order valence-electron chi connectivity index (χ4n) is 2.52. The van der Waals surface area contributed by atoms with E-state index >= 15 is 0 Å². The molecule has 0 aliphatic heterocycles. The third kappa shape index (κ3) is 4.23. The lowest BCUT2D eigenvalue weighted by Gasteiger charge is -2.16. The predicted octanol–water partition coefficient (Wildman–Crippen LogP) is 2.68. The van der Waals surface area contributed by atoms with Gasteiger partial charge in [0.1, 0.15) is 0 Å². The van der Waals surface area contributed by atoms with Crippen molar-refractivity contribution in [3.8, 4) is 0 Å². The van der Waals surface area contributed by atoms with Gasteiger partial charge in [-0.1, -0.05) is 36.4 Å². The molecule has 0 bridgehead atoms. The standard InChI is InChI=1S/C20H18N2O4/c1-25-20(24)18(26-22-19(23)15-7-3-2-4-8-15)12-14-11-16-9-5-6-10-17(16)21-13-14/h2-11,13,18H,12H2,1H3,(H,22,23). The number of methoxy groups -OCH3 is 1. The summed E-state index contributed by atoms with van der Waals surface area (Å²) in [6, 6.07) is 18.2. The van der Waals surface area contributed by atoms with Gasteiger partial charge in [-0.2, -0.15) is 0 Å². The van der Waals surface area contributed by atoms with Crippen LogP contribution in [-0.2, 0) is 20.8 Å². The van der Waals surface area contributed by atoms with E-state index in [1.54, 1.807) is 30.5 Å². The van der Waals surface area contributed by atoms with Crippen molar-refractivity contribution in [1.82, 2.24) is 10.5 Å². The SMILES string of the molecule is COC(=O)C(Cc1cnc2ccccc2c1)ONC(=O)c1ccccc1. The number of benzene rings is 2. The lowest BCUT2D eigenvalue weighted by molar-refractivity contribution is -0.157. The summed E-state index contributed by atoms with van der Waals surface area (Å²) in [6.45, 7) is 0. The number of carbonyl (C=O) groups is 2. The first-order valence-corrected chi connectivity index (χ1v) is 8.10. The third-order valence-corrected chi connectivity index (χ3v) is 3.86. The Morgan fingerprint density at radius 3 is 2.58 bits per heavy atom. The van der Waals surface area contributed by atoms with Gasteiger partial charge in [-0.05, 0) is 29.8 Å². The molecule has 1 atom stereocenters. The lowest BCUT2D eigenvalue weighted by atomic mass is 10.1. The number of hydroxylamine groups is 1. The van der Waals surface area contributed by atoms with Crippen molar-refractivity contribution in [2.24, 2.45) is 0 Å². The van der Waals surface area contributed by atoms with Crippen LogP contribution in [-0.4, -0.2) is 30.1 Å². The molecule has 0 saturated carbocycles. The van der Waals surface area contributed by atoms with E-state index in [-0.39, 0.29) is 6.42 Å². The van der Waals surface area contributed by atoms with E-state index in [4.69, 9.17) is 9.57 Å². The Morgan fingerprint density at radius 1 is 1.08 bits per heavy atom. The number of nitrogens with zero attached hydrogens (tertiary/aromatic N) is 1. The Balaban J connectivity index is 1.71. The number of carbonyl (C=O) groups excluding carboxylic acids is 2. The number of ether oxygens (including phenoxy) is 1. The van der Waals surface area contributed by atoms with E-state index in [0.29, 0.717) is 5.56 Å². The van der Waals surface area contributed by atoms with Crippen LogP contribution in [0.25, 0.3) is 10.9 Å². The van der Waals surface area contributed by atoms with Crippen molar-refractivity contribution >= 4 is 22.8 Å². The molecule has 1 heterocycles. The first kappa shape index (κ1) is 17.6. The van der Waals surface area contributed by atoms with Crippen LogP contribution in [0.5, 0.6) is 0 Å². The van der Waals surface area contributed by atoms with Gasteiger partial charge < -0.3 is 4.74 Å². The van der Waals surface area contributed by atoms with E-state index in [1.165, 1.54) is 7.11 Å². The second kappa shape index (κ2) is 8.22. The lowest BCUT2D eigenvalue weighted by Crippen LogP contribution is -2.36. The molecule has 0 aliphatic carbocycles. The molecule has 0 saturated heterocycles. The topological polar surface area (TPSA) is 77.5 Å². The van der Waals surface area contributed by atoms with E-state index in [2.05, 4.69) is 10.5 Å². The molecule has 1 amide bonds. The monoisotopic (exact) mass is 350 g/mol. The van der Waals surface area contributed by atoms with E-state index in [9.17, 15) is 9.59 Å². The van der Waals surface area contributed by atoms with Crippen molar-refractivity contribution in [3.63, 3.8) is 0 Å². The average Bonchev–Trinajstić information content (AvgIpc) is 2.70. The minimum atomic E-state index is -0.976.